The second-order valence-electron chi connectivity index (χ2n) is 7.44. The van der Waals surface area contributed by atoms with Crippen molar-refractivity contribution < 1.29 is 14.3 Å². The SMILES string of the molecule is C[C@]12CC[C@@H]3c4cc(F)c(O)cc4CC[C@H]3[C@@H]1C[C@H](Br)C2=O. The van der Waals surface area contributed by atoms with E-state index in [4.69, 9.17) is 0 Å². The van der Waals surface area contributed by atoms with Crippen LogP contribution in [0.2, 0.25) is 0 Å². The molecule has 0 aromatic heterocycles. The average molecular weight is 367 g/mol. The lowest BCUT2D eigenvalue weighted by molar-refractivity contribution is -0.128. The molecule has 1 N–H and O–H groups in total. The topological polar surface area (TPSA) is 37.3 Å². The summed E-state index contributed by atoms with van der Waals surface area (Å²) >= 11 is 3.56. The third-order valence-electron chi connectivity index (χ3n) is 6.49. The van der Waals surface area contributed by atoms with E-state index < -0.39 is 5.82 Å². The number of halogens is 2. The summed E-state index contributed by atoms with van der Waals surface area (Å²) in [6.07, 6.45) is 4.66. The fraction of sp³-hybridized carbons (Fsp3) is 0.611. The second kappa shape index (κ2) is 4.80. The van der Waals surface area contributed by atoms with Crippen LogP contribution in [0.5, 0.6) is 5.75 Å². The van der Waals surface area contributed by atoms with Crippen LogP contribution in [0.3, 0.4) is 0 Å². The molecule has 0 radical (unpaired) electrons. The summed E-state index contributed by atoms with van der Waals surface area (Å²) in [7, 11) is 0. The van der Waals surface area contributed by atoms with E-state index in [0.29, 0.717) is 23.5 Å². The fourth-order valence-electron chi connectivity index (χ4n) is 5.33. The van der Waals surface area contributed by atoms with Crippen LogP contribution < -0.4 is 0 Å². The highest BCUT2D eigenvalue weighted by Crippen LogP contribution is 2.60. The third-order valence-corrected chi connectivity index (χ3v) is 7.28. The van der Waals surface area contributed by atoms with Crippen LogP contribution >= 0.6 is 15.9 Å². The quantitative estimate of drug-likeness (QED) is 0.693. The molecule has 22 heavy (non-hydrogen) atoms. The molecule has 2 saturated carbocycles. The van der Waals surface area contributed by atoms with Gasteiger partial charge in [-0.3, -0.25) is 4.79 Å². The summed E-state index contributed by atoms with van der Waals surface area (Å²) in [4.78, 5) is 12.5. The average Bonchev–Trinajstić information content (AvgIpc) is 2.72. The molecule has 1 aromatic carbocycles. The van der Waals surface area contributed by atoms with Gasteiger partial charge in [0.05, 0.1) is 4.83 Å². The number of phenols is 1. The molecule has 0 bridgehead atoms. The first-order chi connectivity index (χ1) is 10.4. The highest BCUT2D eigenvalue weighted by atomic mass is 79.9. The maximum absolute atomic E-state index is 13.8. The highest BCUT2D eigenvalue weighted by Gasteiger charge is 2.57. The number of hydrogen-bond donors (Lipinski definition) is 1. The number of alkyl halides is 1. The molecule has 1 aromatic rings. The van der Waals surface area contributed by atoms with Crippen molar-refractivity contribution >= 4 is 21.7 Å². The standard InChI is InChI=1S/C18H20BrFO2/c1-18-5-4-10-11(13(18)8-14(19)17(18)22)3-2-9-6-16(21)15(20)7-12(9)10/h6-7,10-11,13-14,21H,2-5,8H2,1H3/t10-,11+,13-,14-,18-/m0/s1. The molecule has 4 rings (SSSR count). The van der Waals surface area contributed by atoms with Crippen molar-refractivity contribution in [1.82, 2.24) is 0 Å². The Balaban J connectivity index is 1.74. The molecule has 0 aliphatic heterocycles. The van der Waals surface area contributed by atoms with Crippen LogP contribution in [0, 0.1) is 23.1 Å². The minimum Gasteiger partial charge on any atom is -0.505 e. The van der Waals surface area contributed by atoms with Gasteiger partial charge in [0, 0.05) is 5.41 Å². The van der Waals surface area contributed by atoms with E-state index in [2.05, 4.69) is 22.9 Å². The van der Waals surface area contributed by atoms with Gasteiger partial charge in [-0.15, -0.1) is 0 Å². The van der Waals surface area contributed by atoms with Crippen LogP contribution in [-0.4, -0.2) is 15.7 Å². The smallest absolute Gasteiger partial charge is 0.165 e. The first kappa shape index (κ1) is 14.7. The zero-order chi connectivity index (χ0) is 15.6. The number of hydrogen-bond acceptors (Lipinski definition) is 2. The minimum atomic E-state index is -0.520. The molecule has 118 valence electrons. The largest absolute Gasteiger partial charge is 0.505 e. The molecule has 0 unspecified atom stereocenters. The first-order valence-electron chi connectivity index (χ1n) is 8.11. The highest BCUT2D eigenvalue weighted by molar-refractivity contribution is 9.10. The number of Topliss-reactive ketones (excluding diaryl/α,β-unsaturated/α-hetero) is 1. The molecule has 2 fully saturated rings. The van der Waals surface area contributed by atoms with E-state index in [9.17, 15) is 14.3 Å². The summed E-state index contributed by atoms with van der Waals surface area (Å²) in [5, 5.41) is 9.61. The lowest BCUT2D eigenvalue weighted by Gasteiger charge is -2.48. The molecular weight excluding hydrogens is 347 g/mol. The van der Waals surface area contributed by atoms with Crippen LogP contribution in [0.25, 0.3) is 0 Å². The normalized spacial score (nSPS) is 40.0. The van der Waals surface area contributed by atoms with E-state index in [-0.39, 0.29) is 16.0 Å². The van der Waals surface area contributed by atoms with Crippen molar-refractivity contribution in [3.05, 3.63) is 29.1 Å². The van der Waals surface area contributed by atoms with Gasteiger partial charge in [-0.1, -0.05) is 22.9 Å². The van der Waals surface area contributed by atoms with E-state index in [0.717, 1.165) is 43.2 Å². The molecule has 0 saturated heterocycles. The Morgan fingerprint density at radius 3 is 2.91 bits per heavy atom. The number of carbonyl (C=O) groups is 1. The fourth-order valence-corrected chi connectivity index (χ4v) is 6.25. The number of carbonyl (C=O) groups excluding carboxylic acids is 1. The van der Waals surface area contributed by atoms with Crippen molar-refractivity contribution in [2.45, 2.75) is 49.8 Å². The summed E-state index contributed by atoms with van der Waals surface area (Å²) in [5.41, 5.74) is 1.95. The maximum atomic E-state index is 13.8. The molecule has 3 aliphatic carbocycles. The molecule has 5 atom stereocenters. The second-order valence-corrected chi connectivity index (χ2v) is 8.55. The Morgan fingerprint density at radius 1 is 1.36 bits per heavy atom. The van der Waals surface area contributed by atoms with E-state index >= 15 is 0 Å². The molecule has 2 nitrogen and oxygen atoms in total. The van der Waals surface area contributed by atoms with Gasteiger partial charge in [0.15, 0.2) is 17.3 Å². The van der Waals surface area contributed by atoms with Crippen molar-refractivity contribution in [3.63, 3.8) is 0 Å². The predicted octanol–water partition coefficient (Wildman–Crippen LogP) is 4.33. The van der Waals surface area contributed by atoms with Crippen LogP contribution in [0.15, 0.2) is 12.1 Å². The van der Waals surface area contributed by atoms with Crippen molar-refractivity contribution in [1.29, 1.82) is 0 Å². The van der Waals surface area contributed by atoms with Crippen molar-refractivity contribution in [2.75, 3.05) is 0 Å². The number of fused-ring (bicyclic) bond motifs is 5. The van der Waals surface area contributed by atoms with Gasteiger partial charge >= 0.3 is 0 Å². The Morgan fingerprint density at radius 2 is 2.14 bits per heavy atom. The van der Waals surface area contributed by atoms with Crippen LogP contribution in [-0.2, 0) is 11.2 Å². The lowest BCUT2D eigenvalue weighted by Crippen LogP contribution is -2.42. The van der Waals surface area contributed by atoms with Gasteiger partial charge < -0.3 is 5.11 Å². The summed E-state index contributed by atoms with van der Waals surface area (Å²) < 4.78 is 13.8. The molecule has 3 aliphatic rings. The number of benzene rings is 1. The van der Waals surface area contributed by atoms with Gasteiger partial charge in [0.1, 0.15) is 0 Å². The van der Waals surface area contributed by atoms with Gasteiger partial charge in [-0.25, -0.2) is 4.39 Å². The van der Waals surface area contributed by atoms with Gasteiger partial charge in [-0.2, -0.15) is 0 Å². The Bertz CT molecular complexity index is 659. The third kappa shape index (κ3) is 1.85. The van der Waals surface area contributed by atoms with E-state index in [1.54, 1.807) is 6.07 Å². The molecule has 0 amide bonds. The van der Waals surface area contributed by atoms with E-state index in [1.807, 2.05) is 0 Å². The van der Waals surface area contributed by atoms with Gasteiger partial charge in [0.25, 0.3) is 0 Å². The number of ketones is 1. The molecule has 0 spiro atoms. The molecular formula is C18H20BrFO2. The summed E-state index contributed by atoms with van der Waals surface area (Å²) in [5.74, 6) is 0.791. The van der Waals surface area contributed by atoms with Gasteiger partial charge in [0.2, 0.25) is 0 Å². The van der Waals surface area contributed by atoms with Crippen molar-refractivity contribution in [3.8, 4) is 5.75 Å². The summed E-state index contributed by atoms with van der Waals surface area (Å²) in [6.45, 7) is 2.13. The minimum absolute atomic E-state index is 0.0146. The molecule has 4 heteroatoms. The van der Waals surface area contributed by atoms with Crippen molar-refractivity contribution in [2.24, 2.45) is 17.3 Å². The Kier molecular flexibility index (Phi) is 3.20. The number of rotatable bonds is 0. The van der Waals surface area contributed by atoms with Gasteiger partial charge in [-0.05, 0) is 73.1 Å². The zero-order valence-electron chi connectivity index (χ0n) is 12.6. The molecule has 0 heterocycles. The Hall–Kier alpha value is -0.900. The predicted molar refractivity (Wildman–Crippen MR) is 85.8 cm³/mol. The number of aryl methyl sites for hydroxylation is 1. The Labute approximate surface area is 138 Å². The summed E-state index contributed by atoms with van der Waals surface area (Å²) in [6, 6.07) is 3.13. The van der Waals surface area contributed by atoms with Crippen LogP contribution in [0.1, 0.15) is 49.7 Å². The zero-order valence-corrected chi connectivity index (χ0v) is 14.2. The first-order valence-corrected chi connectivity index (χ1v) is 9.03. The van der Waals surface area contributed by atoms with Crippen LogP contribution in [0.4, 0.5) is 4.39 Å². The maximum Gasteiger partial charge on any atom is 0.165 e. The number of phenolic OH excluding ortho intramolecular Hbond substituents is 1. The number of aromatic hydroxyl groups is 1. The lowest BCUT2D eigenvalue weighted by atomic mass is 9.55. The monoisotopic (exact) mass is 366 g/mol. The van der Waals surface area contributed by atoms with E-state index in [1.165, 1.54) is 6.07 Å².